The number of phenolic OH excluding ortho intramolecular Hbond substituents is 1. The minimum absolute atomic E-state index is 0.0675. The maximum Gasteiger partial charge on any atom is 0.255 e. The van der Waals surface area contributed by atoms with Gasteiger partial charge in [0.2, 0.25) is 5.78 Å². The zero-order chi connectivity index (χ0) is 33.4. The van der Waals surface area contributed by atoms with E-state index in [-0.39, 0.29) is 29.7 Å². The molecule has 248 valence electrons. The Hall–Kier alpha value is -3.37. The Balaban J connectivity index is 1.86. The summed E-state index contributed by atoms with van der Waals surface area (Å²) in [4.78, 5) is 43.3. The van der Waals surface area contributed by atoms with Crippen LogP contribution in [0, 0.1) is 17.8 Å². The third kappa shape index (κ3) is 5.99. The number of aliphatic hydroxyl groups is 3. The van der Waals surface area contributed by atoms with Crippen LogP contribution in [0.15, 0.2) is 23.0 Å². The molecule has 1 amide bonds. The van der Waals surface area contributed by atoms with Gasteiger partial charge in [0.1, 0.15) is 22.8 Å². The normalized spacial score (nSPS) is 24.7. The molecule has 0 saturated heterocycles. The summed E-state index contributed by atoms with van der Waals surface area (Å²) in [5.74, 6) is -5.95. The Kier molecular flexibility index (Phi) is 10.4. The number of anilines is 1. The van der Waals surface area contributed by atoms with Gasteiger partial charge in [0, 0.05) is 31.3 Å². The molecule has 3 aliphatic carbocycles. The van der Waals surface area contributed by atoms with E-state index in [4.69, 9.17) is 5.73 Å². The Morgan fingerprint density at radius 2 is 1.62 bits per heavy atom. The van der Waals surface area contributed by atoms with E-state index in [9.17, 15) is 34.8 Å². The van der Waals surface area contributed by atoms with Gasteiger partial charge in [-0.1, -0.05) is 65.2 Å². The van der Waals surface area contributed by atoms with E-state index in [1.807, 2.05) is 25.1 Å². The number of Topliss-reactive ketones (excluding diaryl/α,β-unsaturated/α-hetero) is 2. The summed E-state index contributed by atoms with van der Waals surface area (Å²) in [5, 5.41) is 46.6. The Morgan fingerprint density at radius 1 is 1.02 bits per heavy atom. The zero-order valence-electron chi connectivity index (χ0n) is 27.7. The van der Waals surface area contributed by atoms with Gasteiger partial charge in [-0.15, -0.1) is 0 Å². The first-order valence-electron chi connectivity index (χ1n) is 16.4. The number of aliphatic hydroxyl groups excluding tert-OH is 2. The fraction of sp³-hybridized carbons (Fsp3) is 0.629. The van der Waals surface area contributed by atoms with E-state index < -0.39 is 58.0 Å². The molecule has 0 aliphatic heterocycles. The first-order chi connectivity index (χ1) is 21.2. The predicted molar refractivity (Wildman–Crippen MR) is 174 cm³/mol. The molecule has 4 atom stereocenters. The second-order valence-corrected chi connectivity index (χ2v) is 13.7. The van der Waals surface area contributed by atoms with Crippen molar-refractivity contribution in [2.45, 2.75) is 96.1 Å². The molecular weight excluding hydrogens is 574 g/mol. The largest absolute Gasteiger partial charge is 0.508 e. The highest BCUT2D eigenvalue weighted by atomic mass is 16.3. The van der Waals surface area contributed by atoms with Gasteiger partial charge in [-0.2, -0.15) is 0 Å². The van der Waals surface area contributed by atoms with E-state index in [0.717, 1.165) is 57.1 Å². The summed E-state index contributed by atoms with van der Waals surface area (Å²) in [5.41, 5.74) is 4.21. The average molecular weight is 626 g/mol. The van der Waals surface area contributed by atoms with Crippen LogP contribution in [0.5, 0.6) is 5.75 Å². The van der Waals surface area contributed by atoms with Crippen LogP contribution >= 0.6 is 0 Å². The molecule has 0 bridgehead atoms. The summed E-state index contributed by atoms with van der Waals surface area (Å²) in [6.45, 7) is 4.35. The van der Waals surface area contributed by atoms with Gasteiger partial charge in [0.05, 0.1) is 11.6 Å². The van der Waals surface area contributed by atoms with E-state index in [1.165, 1.54) is 4.90 Å². The highest BCUT2D eigenvalue weighted by Crippen LogP contribution is 2.54. The standard InChI is InChI=1S/C35H51N3O7/c1-7-9-11-13-19(14-12-10-8-2)15-21-18-24(37(3)4)22-16-20-17-23-28(38(5)6)31(41)27(34(36)44)33(43)35(23,45)32(42)25(20)30(40)26(22)29(21)39/h18-20,23,28,39-40,43,45H,7-17H2,1-6H3,(H2,36,44)/t20-,23-,28-,35-/m0/s1. The van der Waals surface area contributed by atoms with Crippen molar-refractivity contribution in [3.8, 4) is 5.75 Å². The third-order valence-electron chi connectivity index (χ3n) is 10.2. The Morgan fingerprint density at radius 3 is 2.13 bits per heavy atom. The number of hydrogen-bond acceptors (Lipinski definition) is 9. The van der Waals surface area contributed by atoms with Crippen LogP contribution in [-0.2, 0) is 27.2 Å². The number of phenols is 1. The van der Waals surface area contributed by atoms with Crippen LogP contribution < -0.4 is 10.6 Å². The fourth-order valence-electron chi connectivity index (χ4n) is 7.93. The number of aromatic hydroxyl groups is 1. The number of likely N-dealkylation sites (N-methyl/N-ethyl adjacent to an activating group) is 1. The molecule has 1 aromatic rings. The van der Waals surface area contributed by atoms with Crippen LogP contribution in [0.2, 0.25) is 0 Å². The zero-order valence-corrected chi connectivity index (χ0v) is 27.7. The van der Waals surface area contributed by atoms with Crippen LogP contribution in [0.3, 0.4) is 0 Å². The number of carbonyl (C=O) groups is 3. The van der Waals surface area contributed by atoms with Gasteiger partial charge in [-0.05, 0) is 62.4 Å². The maximum absolute atomic E-state index is 14.2. The highest BCUT2D eigenvalue weighted by molar-refractivity contribution is 6.24. The molecule has 0 aromatic heterocycles. The third-order valence-corrected chi connectivity index (χ3v) is 10.2. The van der Waals surface area contributed by atoms with E-state index in [0.29, 0.717) is 23.5 Å². The number of ketones is 2. The molecule has 0 unspecified atom stereocenters. The number of primary amides is 1. The second kappa shape index (κ2) is 13.5. The lowest BCUT2D eigenvalue weighted by atomic mass is 9.57. The quantitative estimate of drug-likeness (QED) is 0.158. The fourth-order valence-corrected chi connectivity index (χ4v) is 7.93. The molecule has 0 heterocycles. The molecule has 0 spiro atoms. The molecule has 3 aliphatic rings. The van der Waals surface area contributed by atoms with Gasteiger partial charge in [0.15, 0.2) is 11.4 Å². The molecule has 6 N–H and O–H groups in total. The molecule has 1 fully saturated rings. The van der Waals surface area contributed by atoms with Gasteiger partial charge in [-0.3, -0.25) is 19.3 Å². The summed E-state index contributed by atoms with van der Waals surface area (Å²) in [7, 11) is 6.98. The number of fused-ring (bicyclic) bond motifs is 3. The van der Waals surface area contributed by atoms with E-state index in [2.05, 4.69) is 13.8 Å². The van der Waals surface area contributed by atoms with Crippen molar-refractivity contribution in [3.63, 3.8) is 0 Å². The molecule has 45 heavy (non-hydrogen) atoms. The van der Waals surface area contributed by atoms with Crippen molar-refractivity contribution in [1.29, 1.82) is 0 Å². The lowest BCUT2D eigenvalue weighted by Crippen LogP contribution is -2.65. The minimum atomic E-state index is -2.65. The number of nitrogens with two attached hydrogens (primary N) is 1. The van der Waals surface area contributed by atoms with Gasteiger partial charge in [0.25, 0.3) is 5.91 Å². The van der Waals surface area contributed by atoms with Crippen LogP contribution in [0.1, 0.15) is 88.3 Å². The topological polar surface area (TPSA) is 165 Å². The number of amides is 1. The number of hydrogen-bond donors (Lipinski definition) is 5. The van der Waals surface area contributed by atoms with Gasteiger partial charge >= 0.3 is 0 Å². The lowest BCUT2D eigenvalue weighted by Gasteiger charge is -2.50. The number of rotatable bonds is 13. The van der Waals surface area contributed by atoms with Crippen LogP contribution in [-0.4, -0.2) is 82.6 Å². The molecule has 1 saturated carbocycles. The predicted octanol–water partition coefficient (Wildman–Crippen LogP) is 4.35. The van der Waals surface area contributed by atoms with Crippen molar-refractivity contribution in [2.24, 2.45) is 23.5 Å². The van der Waals surface area contributed by atoms with E-state index >= 15 is 0 Å². The number of benzene rings is 1. The van der Waals surface area contributed by atoms with Crippen molar-refractivity contribution in [1.82, 2.24) is 4.90 Å². The summed E-state index contributed by atoms with van der Waals surface area (Å²) < 4.78 is 0. The van der Waals surface area contributed by atoms with Crippen LogP contribution in [0.25, 0.3) is 5.76 Å². The first-order valence-corrected chi connectivity index (χ1v) is 16.4. The number of carbonyl (C=O) groups excluding carboxylic acids is 3. The Bertz CT molecular complexity index is 1400. The van der Waals surface area contributed by atoms with Crippen molar-refractivity contribution in [2.75, 3.05) is 33.1 Å². The van der Waals surface area contributed by atoms with Crippen LogP contribution in [0.4, 0.5) is 5.69 Å². The van der Waals surface area contributed by atoms with Crippen molar-refractivity contribution < 1.29 is 34.8 Å². The first kappa shape index (κ1) is 34.5. The van der Waals surface area contributed by atoms with Gasteiger partial charge < -0.3 is 31.1 Å². The number of unbranched alkanes of at least 4 members (excludes halogenated alkanes) is 4. The molecule has 10 nitrogen and oxygen atoms in total. The van der Waals surface area contributed by atoms with Crippen molar-refractivity contribution >= 4 is 28.9 Å². The monoisotopic (exact) mass is 625 g/mol. The molecule has 10 heteroatoms. The molecular formula is C35H51N3O7. The second-order valence-electron chi connectivity index (χ2n) is 13.7. The SMILES string of the molecule is CCCCCC(CCCCC)Cc1cc(N(C)C)c2c(c1O)C(O)=C1C(=O)[C@]3(O)C(O)=C(C(N)=O)C(=O)[C@@H](N(C)C)[C@@H]3C[C@@H]1C2. The Labute approximate surface area is 266 Å². The van der Waals surface area contributed by atoms with E-state index in [1.54, 1.807) is 14.1 Å². The molecule has 4 rings (SSSR count). The summed E-state index contributed by atoms with van der Waals surface area (Å²) >= 11 is 0. The smallest absolute Gasteiger partial charge is 0.255 e. The molecule has 1 aromatic carbocycles. The molecule has 0 radical (unpaired) electrons. The lowest BCUT2D eigenvalue weighted by molar-refractivity contribution is -0.153. The summed E-state index contributed by atoms with van der Waals surface area (Å²) in [6.07, 6.45) is 9.76. The van der Waals surface area contributed by atoms with Crippen molar-refractivity contribution in [3.05, 3.63) is 39.7 Å². The number of nitrogens with zero attached hydrogens (tertiary/aromatic N) is 2. The highest BCUT2D eigenvalue weighted by Gasteiger charge is 2.64. The average Bonchev–Trinajstić information content (AvgIpc) is 2.95. The summed E-state index contributed by atoms with van der Waals surface area (Å²) in [6, 6.07) is 0.879. The van der Waals surface area contributed by atoms with Gasteiger partial charge in [-0.25, -0.2) is 0 Å². The minimum Gasteiger partial charge on any atom is -0.508 e. The maximum atomic E-state index is 14.2.